The first kappa shape index (κ1) is 15.3. The van der Waals surface area contributed by atoms with E-state index in [4.69, 9.17) is 10.00 Å². The van der Waals surface area contributed by atoms with Gasteiger partial charge in [-0.2, -0.15) is 5.26 Å². The number of carbonyl (C=O) groups excluding carboxylic acids is 1. The summed E-state index contributed by atoms with van der Waals surface area (Å²) < 4.78 is 5.45. The van der Waals surface area contributed by atoms with Crippen LogP contribution in [0.3, 0.4) is 0 Å². The highest BCUT2D eigenvalue weighted by Gasteiger charge is 2.20. The molecule has 0 spiro atoms. The van der Waals surface area contributed by atoms with E-state index in [-0.39, 0.29) is 18.6 Å². The van der Waals surface area contributed by atoms with E-state index in [2.05, 4.69) is 10.6 Å². The first-order chi connectivity index (χ1) is 10.2. The van der Waals surface area contributed by atoms with Crippen molar-refractivity contribution in [2.75, 3.05) is 19.7 Å². The molecule has 6 nitrogen and oxygen atoms in total. The van der Waals surface area contributed by atoms with Gasteiger partial charge in [0.15, 0.2) is 0 Å². The van der Waals surface area contributed by atoms with E-state index in [1.54, 1.807) is 24.3 Å². The van der Waals surface area contributed by atoms with Gasteiger partial charge in [-0.3, -0.25) is 4.79 Å². The molecule has 2 unspecified atom stereocenters. The Balaban J connectivity index is 1.66. The molecule has 1 aromatic rings. The number of hydrogen-bond acceptors (Lipinski definition) is 5. The maximum atomic E-state index is 11.0. The molecule has 0 aromatic heterocycles. The van der Waals surface area contributed by atoms with Crippen LogP contribution in [-0.2, 0) is 4.79 Å². The molecule has 1 fully saturated rings. The lowest BCUT2D eigenvalue weighted by Gasteiger charge is -2.16. The smallest absolute Gasteiger partial charge is 0.220 e. The predicted octanol–water partition coefficient (Wildman–Crippen LogP) is 0.166. The molecule has 3 N–H and O–H groups in total. The summed E-state index contributed by atoms with van der Waals surface area (Å²) in [6, 6.07) is 9.10. The number of carbonyl (C=O) groups is 1. The average molecular weight is 289 g/mol. The molecule has 21 heavy (non-hydrogen) atoms. The van der Waals surface area contributed by atoms with Gasteiger partial charge in [0.25, 0.3) is 0 Å². The van der Waals surface area contributed by atoms with Gasteiger partial charge >= 0.3 is 0 Å². The minimum Gasteiger partial charge on any atom is -0.489 e. The summed E-state index contributed by atoms with van der Waals surface area (Å²) in [5, 5.41) is 24.7. The van der Waals surface area contributed by atoms with E-state index >= 15 is 0 Å². The molecule has 0 aliphatic carbocycles. The topological polar surface area (TPSA) is 94.4 Å². The van der Waals surface area contributed by atoms with Crippen LogP contribution >= 0.6 is 0 Å². The first-order valence-electron chi connectivity index (χ1n) is 6.99. The number of benzene rings is 1. The molecule has 6 heteroatoms. The van der Waals surface area contributed by atoms with E-state index in [0.29, 0.717) is 30.8 Å². The van der Waals surface area contributed by atoms with Crippen molar-refractivity contribution in [3.8, 4) is 11.8 Å². The Hall–Kier alpha value is -2.10. The van der Waals surface area contributed by atoms with Crippen molar-refractivity contribution in [2.45, 2.75) is 25.0 Å². The Bertz CT molecular complexity index is 527. The predicted molar refractivity (Wildman–Crippen MR) is 76.7 cm³/mol. The maximum absolute atomic E-state index is 11.0. The summed E-state index contributed by atoms with van der Waals surface area (Å²) >= 11 is 0. The van der Waals surface area contributed by atoms with E-state index in [9.17, 15) is 9.90 Å². The third-order valence-corrected chi connectivity index (χ3v) is 3.29. The normalized spacial score (nSPS) is 18.9. The summed E-state index contributed by atoms with van der Waals surface area (Å²) in [5.74, 6) is 0.556. The van der Waals surface area contributed by atoms with Gasteiger partial charge in [0, 0.05) is 25.6 Å². The number of nitrogens with zero attached hydrogens (tertiary/aromatic N) is 1. The molecule has 0 bridgehead atoms. The molecular weight excluding hydrogens is 270 g/mol. The molecule has 0 radical (unpaired) electrons. The molecule has 1 aromatic carbocycles. The maximum Gasteiger partial charge on any atom is 0.220 e. The van der Waals surface area contributed by atoms with Crippen LogP contribution in [0.1, 0.15) is 18.4 Å². The Labute approximate surface area is 123 Å². The Morgan fingerprint density at radius 3 is 3.05 bits per heavy atom. The molecule has 112 valence electrons. The van der Waals surface area contributed by atoms with E-state index < -0.39 is 6.10 Å². The molecular formula is C15H19N3O3. The van der Waals surface area contributed by atoms with Crippen LogP contribution in [0.25, 0.3) is 0 Å². The Morgan fingerprint density at radius 2 is 2.33 bits per heavy atom. The SMILES string of the molecule is N#Cc1ccccc1OCC(O)CNCC1CCC(=O)N1. The van der Waals surface area contributed by atoms with Crippen molar-refractivity contribution in [3.63, 3.8) is 0 Å². The van der Waals surface area contributed by atoms with Crippen molar-refractivity contribution < 1.29 is 14.6 Å². The number of nitrogens with one attached hydrogen (secondary N) is 2. The average Bonchev–Trinajstić information content (AvgIpc) is 2.91. The lowest BCUT2D eigenvalue weighted by molar-refractivity contribution is -0.119. The summed E-state index contributed by atoms with van der Waals surface area (Å²) in [4.78, 5) is 11.0. The fourth-order valence-corrected chi connectivity index (χ4v) is 2.18. The molecule has 1 amide bonds. The van der Waals surface area contributed by atoms with E-state index in [1.165, 1.54) is 0 Å². The third kappa shape index (κ3) is 4.74. The lowest BCUT2D eigenvalue weighted by atomic mass is 10.2. The number of aliphatic hydroxyl groups excluding tert-OH is 1. The standard InChI is InChI=1S/C15H19N3O3/c16-7-11-3-1-2-4-14(11)21-10-13(19)9-17-8-12-5-6-15(20)18-12/h1-4,12-13,17,19H,5-6,8-10H2,(H,18,20). The lowest BCUT2D eigenvalue weighted by Crippen LogP contribution is -2.40. The largest absolute Gasteiger partial charge is 0.489 e. The Kier molecular flexibility index (Phi) is 5.55. The number of ether oxygens (including phenoxy) is 1. The first-order valence-corrected chi connectivity index (χ1v) is 6.99. The zero-order chi connectivity index (χ0) is 15.1. The molecule has 2 rings (SSSR count). The van der Waals surface area contributed by atoms with Gasteiger partial charge in [0.2, 0.25) is 5.91 Å². The molecule has 1 aliphatic heterocycles. The van der Waals surface area contributed by atoms with Crippen molar-refractivity contribution >= 4 is 5.91 Å². The highest BCUT2D eigenvalue weighted by molar-refractivity contribution is 5.78. The van der Waals surface area contributed by atoms with Crippen LogP contribution in [0.5, 0.6) is 5.75 Å². The number of aliphatic hydroxyl groups is 1. The zero-order valence-corrected chi connectivity index (χ0v) is 11.7. The molecule has 0 saturated carbocycles. The fraction of sp³-hybridized carbons (Fsp3) is 0.467. The van der Waals surface area contributed by atoms with Crippen LogP contribution in [0.15, 0.2) is 24.3 Å². The van der Waals surface area contributed by atoms with Crippen molar-refractivity contribution in [1.82, 2.24) is 10.6 Å². The number of rotatable bonds is 7. The highest BCUT2D eigenvalue weighted by Crippen LogP contribution is 2.16. The second-order valence-electron chi connectivity index (χ2n) is 5.03. The van der Waals surface area contributed by atoms with E-state index in [0.717, 1.165) is 6.42 Å². The third-order valence-electron chi connectivity index (χ3n) is 3.29. The van der Waals surface area contributed by atoms with Gasteiger partial charge in [-0.25, -0.2) is 0 Å². The Morgan fingerprint density at radius 1 is 1.52 bits per heavy atom. The number of para-hydroxylation sites is 1. The van der Waals surface area contributed by atoms with Crippen molar-refractivity contribution in [1.29, 1.82) is 5.26 Å². The number of nitriles is 1. The number of hydrogen-bond donors (Lipinski definition) is 3. The van der Waals surface area contributed by atoms with Crippen LogP contribution in [0.2, 0.25) is 0 Å². The van der Waals surface area contributed by atoms with Crippen molar-refractivity contribution in [2.24, 2.45) is 0 Å². The minimum absolute atomic E-state index is 0.0822. The molecule has 1 aliphatic rings. The van der Waals surface area contributed by atoms with Crippen LogP contribution in [0.4, 0.5) is 0 Å². The zero-order valence-electron chi connectivity index (χ0n) is 11.7. The second-order valence-corrected chi connectivity index (χ2v) is 5.03. The van der Waals surface area contributed by atoms with Crippen molar-refractivity contribution in [3.05, 3.63) is 29.8 Å². The van der Waals surface area contributed by atoms with Crippen LogP contribution in [-0.4, -0.2) is 42.9 Å². The molecule has 1 saturated heterocycles. The van der Waals surface area contributed by atoms with Gasteiger partial charge < -0.3 is 20.5 Å². The minimum atomic E-state index is -0.672. The van der Waals surface area contributed by atoms with Gasteiger partial charge in [-0.05, 0) is 18.6 Å². The second kappa shape index (κ2) is 7.62. The summed E-state index contributed by atoms with van der Waals surface area (Å²) in [7, 11) is 0. The fourth-order valence-electron chi connectivity index (χ4n) is 2.18. The summed E-state index contributed by atoms with van der Waals surface area (Å²) in [5.41, 5.74) is 0.450. The highest BCUT2D eigenvalue weighted by atomic mass is 16.5. The summed E-state index contributed by atoms with van der Waals surface area (Å²) in [6.07, 6.45) is 0.727. The van der Waals surface area contributed by atoms with Crippen LogP contribution in [0, 0.1) is 11.3 Å². The quantitative estimate of drug-likeness (QED) is 0.665. The van der Waals surface area contributed by atoms with Crippen LogP contribution < -0.4 is 15.4 Å². The van der Waals surface area contributed by atoms with Gasteiger partial charge in [0.05, 0.1) is 5.56 Å². The number of amides is 1. The summed E-state index contributed by atoms with van der Waals surface area (Å²) in [6.45, 7) is 1.13. The van der Waals surface area contributed by atoms with E-state index in [1.807, 2.05) is 6.07 Å². The molecule has 2 atom stereocenters. The van der Waals surface area contributed by atoms with Gasteiger partial charge in [-0.15, -0.1) is 0 Å². The monoisotopic (exact) mass is 289 g/mol. The molecule has 1 heterocycles. The van der Waals surface area contributed by atoms with Gasteiger partial charge in [0.1, 0.15) is 24.5 Å². The van der Waals surface area contributed by atoms with Gasteiger partial charge in [-0.1, -0.05) is 12.1 Å².